The first kappa shape index (κ1) is 16.1. The minimum atomic E-state index is 0.511. The SMILES string of the molecule is Cc1nnc(NCc2cccnc2N2CCOCC2)c(C#N)c1C. The maximum atomic E-state index is 9.39. The number of pyridine rings is 1. The van der Waals surface area contributed by atoms with Crippen molar-refractivity contribution in [2.45, 2.75) is 20.4 Å². The van der Waals surface area contributed by atoms with Crippen LogP contribution in [0.2, 0.25) is 0 Å². The first-order valence-electron chi connectivity index (χ1n) is 7.95. The monoisotopic (exact) mass is 324 g/mol. The highest BCUT2D eigenvalue weighted by atomic mass is 16.5. The fourth-order valence-corrected chi connectivity index (χ4v) is 2.68. The third kappa shape index (κ3) is 3.29. The first-order chi connectivity index (χ1) is 11.7. The fraction of sp³-hybridized carbons (Fsp3) is 0.412. The Kier molecular flexibility index (Phi) is 4.87. The van der Waals surface area contributed by atoms with Crippen LogP contribution in [0, 0.1) is 25.2 Å². The molecule has 0 aliphatic carbocycles. The minimum absolute atomic E-state index is 0.511. The van der Waals surface area contributed by atoms with Gasteiger partial charge in [-0.15, -0.1) is 5.10 Å². The number of rotatable bonds is 4. The lowest BCUT2D eigenvalue weighted by Gasteiger charge is -2.29. The van der Waals surface area contributed by atoms with Gasteiger partial charge in [0.1, 0.15) is 17.5 Å². The molecule has 1 aliphatic rings. The number of anilines is 2. The zero-order valence-corrected chi connectivity index (χ0v) is 13.9. The molecule has 3 rings (SSSR count). The van der Waals surface area contributed by atoms with Gasteiger partial charge in [-0.05, 0) is 25.5 Å². The lowest BCUT2D eigenvalue weighted by atomic mass is 10.1. The molecule has 7 heteroatoms. The maximum absolute atomic E-state index is 9.39. The standard InChI is InChI=1S/C17H20N6O/c1-12-13(2)21-22-16(15(12)10-18)20-11-14-4-3-5-19-17(14)23-6-8-24-9-7-23/h3-5H,6-9,11H2,1-2H3,(H,20,22). The van der Waals surface area contributed by atoms with Crippen molar-refractivity contribution in [3.63, 3.8) is 0 Å². The lowest BCUT2D eigenvalue weighted by Crippen LogP contribution is -2.37. The number of nitriles is 1. The van der Waals surface area contributed by atoms with Gasteiger partial charge >= 0.3 is 0 Å². The van der Waals surface area contributed by atoms with Crippen LogP contribution in [0.5, 0.6) is 0 Å². The molecule has 0 bridgehead atoms. The van der Waals surface area contributed by atoms with Crippen LogP contribution in [0.15, 0.2) is 18.3 Å². The minimum Gasteiger partial charge on any atom is -0.378 e. The third-order valence-electron chi connectivity index (χ3n) is 4.19. The Morgan fingerprint density at radius 2 is 2.08 bits per heavy atom. The Hall–Kier alpha value is -2.72. The first-order valence-corrected chi connectivity index (χ1v) is 7.95. The highest BCUT2D eigenvalue weighted by molar-refractivity contribution is 5.57. The van der Waals surface area contributed by atoms with E-state index in [0.29, 0.717) is 31.1 Å². The predicted molar refractivity (Wildman–Crippen MR) is 90.8 cm³/mol. The van der Waals surface area contributed by atoms with Gasteiger partial charge in [0, 0.05) is 31.4 Å². The molecule has 7 nitrogen and oxygen atoms in total. The van der Waals surface area contributed by atoms with Gasteiger partial charge < -0.3 is 15.0 Å². The van der Waals surface area contributed by atoms with Crippen molar-refractivity contribution in [2.24, 2.45) is 0 Å². The van der Waals surface area contributed by atoms with Crippen LogP contribution >= 0.6 is 0 Å². The van der Waals surface area contributed by atoms with Gasteiger partial charge in [-0.25, -0.2) is 4.98 Å². The van der Waals surface area contributed by atoms with Crippen molar-refractivity contribution in [3.05, 3.63) is 40.7 Å². The summed E-state index contributed by atoms with van der Waals surface area (Å²) in [4.78, 5) is 6.74. The molecule has 3 heterocycles. The van der Waals surface area contributed by atoms with Crippen molar-refractivity contribution in [2.75, 3.05) is 36.5 Å². The molecule has 2 aromatic heterocycles. The van der Waals surface area contributed by atoms with Crippen LogP contribution in [0.1, 0.15) is 22.4 Å². The van der Waals surface area contributed by atoms with Gasteiger partial charge in [0.25, 0.3) is 0 Å². The number of nitrogens with zero attached hydrogens (tertiary/aromatic N) is 5. The Labute approximate surface area is 141 Å². The molecule has 1 saturated heterocycles. The highest BCUT2D eigenvalue weighted by Gasteiger charge is 2.16. The second-order valence-electron chi connectivity index (χ2n) is 5.68. The van der Waals surface area contributed by atoms with Crippen LogP contribution in [0.4, 0.5) is 11.6 Å². The van der Waals surface area contributed by atoms with Crippen molar-refractivity contribution >= 4 is 11.6 Å². The summed E-state index contributed by atoms with van der Waals surface area (Å²) in [5, 5.41) is 20.9. The summed E-state index contributed by atoms with van der Waals surface area (Å²) >= 11 is 0. The van der Waals surface area contributed by atoms with E-state index in [1.807, 2.05) is 26.0 Å². The third-order valence-corrected chi connectivity index (χ3v) is 4.19. The molecule has 2 aromatic rings. The van der Waals surface area contributed by atoms with E-state index in [1.54, 1.807) is 6.20 Å². The number of aryl methyl sites for hydroxylation is 1. The molecule has 0 amide bonds. The normalized spacial score (nSPS) is 14.3. The number of ether oxygens (including phenoxy) is 1. The number of aromatic nitrogens is 3. The summed E-state index contributed by atoms with van der Waals surface area (Å²) in [6, 6.07) is 6.16. The highest BCUT2D eigenvalue weighted by Crippen LogP contribution is 2.22. The molecule has 0 unspecified atom stereocenters. The second kappa shape index (κ2) is 7.23. The van der Waals surface area contributed by atoms with Crippen LogP contribution in [-0.4, -0.2) is 41.5 Å². The predicted octanol–water partition coefficient (Wildman–Crippen LogP) is 1.81. The molecule has 0 aromatic carbocycles. The van der Waals surface area contributed by atoms with Gasteiger partial charge in [-0.3, -0.25) is 0 Å². The summed E-state index contributed by atoms with van der Waals surface area (Å²) in [5.41, 5.74) is 3.23. The van der Waals surface area contributed by atoms with Crippen LogP contribution in [0.25, 0.3) is 0 Å². The molecule has 0 spiro atoms. The zero-order chi connectivity index (χ0) is 16.9. The van der Waals surface area contributed by atoms with Crippen molar-refractivity contribution < 1.29 is 4.74 Å². The van der Waals surface area contributed by atoms with Gasteiger partial charge in [0.05, 0.1) is 18.9 Å². The maximum Gasteiger partial charge on any atom is 0.167 e. The number of hydrogen-bond donors (Lipinski definition) is 1. The zero-order valence-electron chi connectivity index (χ0n) is 13.9. The van der Waals surface area contributed by atoms with E-state index >= 15 is 0 Å². The van der Waals surface area contributed by atoms with Gasteiger partial charge in [-0.1, -0.05) is 6.07 Å². The molecule has 1 fully saturated rings. The molecule has 0 atom stereocenters. The van der Waals surface area contributed by atoms with Gasteiger partial charge in [0.15, 0.2) is 5.82 Å². The van der Waals surface area contributed by atoms with Crippen LogP contribution in [-0.2, 0) is 11.3 Å². The quantitative estimate of drug-likeness (QED) is 0.917. The van der Waals surface area contributed by atoms with Crippen molar-refractivity contribution in [1.82, 2.24) is 15.2 Å². The molecule has 0 saturated carbocycles. The molecular weight excluding hydrogens is 304 g/mol. The van der Waals surface area contributed by atoms with E-state index in [1.165, 1.54) is 0 Å². The van der Waals surface area contributed by atoms with E-state index in [2.05, 4.69) is 31.5 Å². The van der Waals surface area contributed by atoms with Gasteiger partial charge in [0.2, 0.25) is 0 Å². The fourth-order valence-electron chi connectivity index (χ4n) is 2.68. The average Bonchev–Trinajstić information content (AvgIpc) is 2.63. The van der Waals surface area contributed by atoms with E-state index in [4.69, 9.17) is 4.74 Å². The molecule has 1 aliphatic heterocycles. The number of nitrogens with one attached hydrogen (secondary N) is 1. The molecular formula is C17H20N6O. The molecule has 24 heavy (non-hydrogen) atoms. The summed E-state index contributed by atoms with van der Waals surface area (Å²) in [6.45, 7) is 7.36. The van der Waals surface area contributed by atoms with E-state index in [9.17, 15) is 5.26 Å². The Morgan fingerprint density at radius 1 is 1.29 bits per heavy atom. The van der Waals surface area contributed by atoms with E-state index in [-0.39, 0.29) is 0 Å². The van der Waals surface area contributed by atoms with Crippen molar-refractivity contribution in [3.8, 4) is 6.07 Å². The summed E-state index contributed by atoms with van der Waals surface area (Å²) in [6.07, 6.45) is 1.80. The van der Waals surface area contributed by atoms with E-state index < -0.39 is 0 Å². The Balaban J connectivity index is 1.81. The van der Waals surface area contributed by atoms with Crippen LogP contribution < -0.4 is 10.2 Å². The molecule has 1 N–H and O–H groups in total. The largest absolute Gasteiger partial charge is 0.378 e. The van der Waals surface area contributed by atoms with Gasteiger partial charge in [-0.2, -0.15) is 10.4 Å². The summed E-state index contributed by atoms with van der Waals surface area (Å²) in [7, 11) is 0. The molecule has 0 radical (unpaired) electrons. The summed E-state index contributed by atoms with van der Waals surface area (Å²) < 4.78 is 5.41. The second-order valence-corrected chi connectivity index (χ2v) is 5.68. The smallest absolute Gasteiger partial charge is 0.167 e. The summed E-state index contributed by atoms with van der Waals surface area (Å²) in [5.74, 6) is 1.46. The molecule has 124 valence electrons. The topological polar surface area (TPSA) is 87.0 Å². The number of morpholine rings is 1. The number of hydrogen-bond acceptors (Lipinski definition) is 7. The Morgan fingerprint density at radius 3 is 2.83 bits per heavy atom. The lowest BCUT2D eigenvalue weighted by molar-refractivity contribution is 0.122. The Bertz CT molecular complexity index is 764. The van der Waals surface area contributed by atoms with E-state index in [0.717, 1.165) is 35.7 Å². The average molecular weight is 324 g/mol. The van der Waals surface area contributed by atoms with Crippen LogP contribution in [0.3, 0.4) is 0 Å². The van der Waals surface area contributed by atoms with Crippen molar-refractivity contribution in [1.29, 1.82) is 5.26 Å².